The van der Waals surface area contributed by atoms with E-state index >= 15 is 0 Å². The number of piperidine rings is 1. The van der Waals surface area contributed by atoms with Crippen molar-refractivity contribution in [3.05, 3.63) is 23.0 Å². The minimum atomic E-state index is -0.200. The molecular formula is C24H33NO4. The van der Waals surface area contributed by atoms with E-state index in [1.54, 1.807) is 0 Å². The SMILES string of the molecule is COC(=O)[C@@H]1C[C@@]23CN(C)C[C@@H](CCC4=C2[C@@H]1CC4=O)C31CC=C(C(C)C)OC1. The molecule has 1 saturated heterocycles. The van der Waals surface area contributed by atoms with Crippen LogP contribution in [0.15, 0.2) is 23.0 Å². The highest BCUT2D eigenvalue weighted by atomic mass is 16.5. The average molecular weight is 400 g/mol. The summed E-state index contributed by atoms with van der Waals surface area (Å²) in [6, 6.07) is 0. The zero-order chi connectivity index (χ0) is 20.6. The lowest BCUT2D eigenvalue weighted by molar-refractivity contribution is -0.149. The Morgan fingerprint density at radius 2 is 2.17 bits per heavy atom. The fourth-order valence-electron chi connectivity index (χ4n) is 7.65. The number of Topliss-reactive ketones (excluding diaryl/α,β-unsaturated/α-hetero) is 1. The summed E-state index contributed by atoms with van der Waals surface area (Å²) in [7, 11) is 3.68. The highest BCUT2D eigenvalue weighted by Crippen LogP contribution is 2.70. The predicted octanol–water partition coefficient (Wildman–Crippen LogP) is 3.35. The van der Waals surface area contributed by atoms with E-state index in [0.717, 1.165) is 50.1 Å². The summed E-state index contributed by atoms with van der Waals surface area (Å²) in [4.78, 5) is 28.2. The summed E-state index contributed by atoms with van der Waals surface area (Å²) in [6.07, 6.45) is 6.50. The van der Waals surface area contributed by atoms with Crippen LogP contribution >= 0.6 is 0 Å². The summed E-state index contributed by atoms with van der Waals surface area (Å²) < 4.78 is 11.6. The third-order valence-electron chi connectivity index (χ3n) is 8.79. The molecule has 5 atom stereocenters. The Balaban J connectivity index is 1.69. The Morgan fingerprint density at radius 3 is 2.83 bits per heavy atom. The molecule has 5 aliphatic rings. The standard InChI is InChI=1S/C24H33NO4/c1-14(2)20-7-8-23(13-29-20)15-5-6-16-19(26)9-17-18(22(27)28-4)10-24(23,21(16)17)12-25(3)11-15/h7,14-15,17-18H,5-6,8-13H2,1-4H3/t15-,17-,18-,23?,24-/m1/s1. The quantitative estimate of drug-likeness (QED) is 0.667. The fourth-order valence-corrected chi connectivity index (χ4v) is 7.65. The van der Waals surface area contributed by atoms with Crippen LogP contribution in [0.2, 0.25) is 0 Å². The first-order valence-corrected chi connectivity index (χ1v) is 11.2. The van der Waals surface area contributed by atoms with Gasteiger partial charge in [0.05, 0.1) is 25.4 Å². The molecule has 0 N–H and O–H groups in total. The van der Waals surface area contributed by atoms with Crippen LogP contribution in [-0.2, 0) is 19.1 Å². The lowest BCUT2D eigenvalue weighted by Gasteiger charge is -2.59. The van der Waals surface area contributed by atoms with Crippen molar-refractivity contribution >= 4 is 11.8 Å². The van der Waals surface area contributed by atoms with Crippen LogP contribution in [0.4, 0.5) is 0 Å². The minimum absolute atomic E-state index is 0.0272. The Hall–Kier alpha value is -1.62. The molecule has 0 aromatic heterocycles. The molecule has 5 nitrogen and oxygen atoms in total. The van der Waals surface area contributed by atoms with E-state index < -0.39 is 0 Å². The number of methoxy groups -OCH3 is 1. The number of rotatable bonds is 2. The lowest BCUT2D eigenvalue weighted by Crippen LogP contribution is -2.61. The number of hydrogen-bond acceptors (Lipinski definition) is 5. The topological polar surface area (TPSA) is 55.8 Å². The molecule has 0 amide bonds. The second-order valence-corrected chi connectivity index (χ2v) is 10.4. The number of carbonyl (C=O) groups is 2. The first-order valence-electron chi connectivity index (χ1n) is 11.2. The Labute approximate surface area is 173 Å². The zero-order valence-electron chi connectivity index (χ0n) is 18.1. The first-order chi connectivity index (χ1) is 13.8. The first kappa shape index (κ1) is 19.3. The number of ketones is 1. The molecule has 2 fully saturated rings. The van der Waals surface area contributed by atoms with E-state index in [1.807, 2.05) is 0 Å². The summed E-state index contributed by atoms with van der Waals surface area (Å²) >= 11 is 0. The van der Waals surface area contributed by atoms with Gasteiger partial charge in [0.15, 0.2) is 5.78 Å². The maximum atomic E-state index is 13.0. The van der Waals surface area contributed by atoms with Crippen molar-refractivity contribution in [1.29, 1.82) is 0 Å². The maximum absolute atomic E-state index is 13.0. The van der Waals surface area contributed by atoms with Gasteiger partial charge in [-0.1, -0.05) is 19.4 Å². The van der Waals surface area contributed by atoms with Crippen LogP contribution < -0.4 is 0 Å². The van der Waals surface area contributed by atoms with Crippen molar-refractivity contribution in [3.8, 4) is 0 Å². The van der Waals surface area contributed by atoms with Crippen LogP contribution in [0.3, 0.4) is 0 Å². The molecule has 0 aromatic carbocycles. The molecule has 2 bridgehead atoms. The Morgan fingerprint density at radius 1 is 1.38 bits per heavy atom. The monoisotopic (exact) mass is 399 g/mol. The maximum Gasteiger partial charge on any atom is 0.309 e. The van der Waals surface area contributed by atoms with Crippen molar-refractivity contribution in [2.75, 3.05) is 33.9 Å². The van der Waals surface area contributed by atoms with Crippen LogP contribution in [0, 0.1) is 34.5 Å². The molecule has 1 unspecified atom stereocenters. The zero-order valence-corrected chi connectivity index (χ0v) is 18.1. The fraction of sp³-hybridized carbons (Fsp3) is 0.750. The van der Waals surface area contributed by atoms with Gasteiger partial charge in [-0.05, 0) is 50.3 Å². The van der Waals surface area contributed by atoms with Crippen molar-refractivity contribution in [2.45, 2.75) is 46.0 Å². The van der Waals surface area contributed by atoms with Gasteiger partial charge >= 0.3 is 5.97 Å². The van der Waals surface area contributed by atoms with Gasteiger partial charge in [-0.15, -0.1) is 0 Å². The van der Waals surface area contributed by atoms with Crippen LogP contribution in [0.25, 0.3) is 0 Å². The molecule has 0 aromatic rings. The van der Waals surface area contributed by atoms with Gasteiger partial charge in [0.1, 0.15) is 0 Å². The highest BCUT2D eigenvalue weighted by molar-refractivity contribution is 6.01. The number of nitrogens with zero attached hydrogens (tertiary/aromatic N) is 1. The van der Waals surface area contributed by atoms with Gasteiger partial charge < -0.3 is 14.4 Å². The molecule has 29 heavy (non-hydrogen) atoms. The van der Waals surface area contributed by atoms with Gasteiger partial charge in [-0.3, -0.25) is 9.59 Å². The van der Waals surface area contributed by atoms with Gasteiger partial charge in [0.2, 0.25) is 0 Å². The number of allylic oxidation sites excluding steroid dienone is 3. The second kappa shape index (κ2) is 6.44. The van der Waals surface area contributed by atoms with Gasteiger partial charge in [0, 0.05) is 42.2 Å². The minimum Gasteiger partial charge on any atom is -0.497 e. The average Bonchev–Trinajstić information content (AvgIpc) is 3.17. The number of hydrogen-bond donors (Lipinski definition) is 0. The normalized spacial score (nSPS) is 41.3. The largest absolute Gasteiger partial charge is 0.497 e. The lowest BCUT2D eigenvalue weighted by atomic mass is 9.51. The number of likely N-dealkylation sites (tertiary alicyclic amines) is 1. The number of ether oxygens (including phenoxy) is 2. The van der Waals surface area contributed by atoms with E-state index in [-0.39, 0.29) is 34.4 Å². The second-order valence-electron chi connectivity index (χ2n) is 10.4. The van der Waals surface area contributed by atoms with E-state index in [1.165, 1.54) is 12.7 Å². The summed E-state index contributed by atoms with van der Waals surface area (Å²) in [6.45, 7) is 7.02. The molecule has 5 rings (SSSR count). The molecule has 158 valence electrons. The van der Waals surface area contributed by atoms with Gasteiger partial charge in [-0.25, -0.2) is 0 Å². The molecule has 1 saturated carbocycles. The van der Waals surface area contributed by atoms with Gasteiger partial charge in [-0.2, -0.15) is 0 Å². The van der Waals surface area contributed by atoms with E-state index in [2.05, 4.69) is 31.9 Å². The summed E-state index contributed by atoms with van der Waals surface area (Å²) in [5.74, 6) is 1.92. The van der Waals surface area contributed by atoms with E-state index in [9.17, 15) is 9.59 Å². The van der Waals surface area contributed by atoms with E-state index in [4.69, 9.17) is 9.47 Å². The third-order valence-corrected chi connectivity index (χ3v) is 8.79. The molecular weight excluding hydrogens is 366 g/mol. The Bertz CT molecular complexity index is 827. The van der Waals surface area contributed by atoms with Crippen LogP contribution in [0.1, 0.15) is 46.0 Å². The number of carbonyl (C=O) groups excluding carboxylic acids is 2. The van der Waals surface area contributed by atoms with Crippen molar-refractivity contribution in [2.24, 2.45) is 34.5 Å². The van der Waals surface area contributed by atoms with Crippen molar-refractivity contribution < 1.29 is 19.1 Å². The Kier molecular flexibility index (Phi) is 4.29. The van der Waals surface area contributed by atoms with Crippen molar-refractivity contribution in [3.63, 3.8) is 0 Å². The van der Waals surface area contributed by atoms with E-state index in [0.29, 0.717) is 24.9 Å². The molecule has 2 aliphatic heterocycles. The molecule has 3 aliphatic carbocycles. The molecule has 2 spiro atoms. The van der Waals surface area contributed by atoms with Gasteiger partial charge in [0.25, 0.3) is 0 Å². The van der Waals surface area contributed by atoms with Crippen molar-refractivity contribution in [1.82, 2.24) is 4.90 Å². The highest BCUT2D eigenvalue weighted by Gasteiger charge is 2.69. The smallest absolute Gasteiger partial charge is 0.309 e. The third kappa shape index (κ3) is 2.43. The predicted molar refractivity (Wildman–Crippen MR) is 109 cm³/mol. The van der Waals surface area contributed by atoms with Crippen LogP contribution in [-0.4, -0.2) is 50.5 Å². The summed E-state index contributed by atoms with van der Waals surface area (Å²) in [5, 5.41) is 0. The van der Waals surface area contributed by atoms with Crippen LogP contribution in [0.5, 0.6) is 0 Å². The molecule has 5 heteroatoms. The molecule has 2 heterocycles. The summed E-state index contributed by atoms with van der Waals surface area (Å²) in [5.41, 5.74) is 2.18. The molecule has 0 radical (unpaired) electrons. The number of esters is 1.